The van der Waals surface area contributed by atoms with Gasteiger partial charge in [0.2, 0.25) is 0 Å². The molecular weight excluding hydrogens is 308 g/mol. The molecular formula is C22H28N2O. The van der Waals surface area contributed by atoms with Crippen molar-refractivity contribution in [2.24, 2.45) is 5.41 Å². The SMILES string of the molecule is CC(C)(C)CN[C@@H]1C[C@H]1c1ccc(C(=O)NCc2ccccc2)cc1. The number of carbonyl (C=O) groups excluding carboxylic acids is 1. The van der Waals surface area contributed by atoms with Crippen LogP contribution in [0.4, 0.5) is 0 Å². The van der Waals surface area contributed by atoms with Gasteiger partial charge in [0.15, 0.2) is 0 Å². The number of hydrogen-bond acceptors (Lipinski definition) is 2. The summed E-state index contributed by atoms with van der Waals surface area (Å²) in [7, 11) is 0. The second-order valence-corrected chi connectivity index (χ2v) is 8.18. The summed E-state index contributed by atoms with van der Waals surface area (Å²) < 4.78 is 0. The molecule has 1 aliphatic rings. The molecule has 3 heteroatoms. The van der Waals surface area contributed by atoms with E-state index in [1.165, 1.54) is 12.0 Å². The van der Waals surface area contributed by atoms with E-state index in [1.54, 1.807) is 0 Å². The van der Waals surface area contributed by atoms with Crippen LogP contribution in [0.25, 0.3) is 0 Å². The van der Waals surface area contributed by atoms with Gasteiger partial charge in [-0.1, -0.05) is 63.2 Å². The van der Waals surface area contributed by atoms with Crippen molar-refractivity contribution in [3.8, 4) is 0 Å². The smallest absolute Gasteiger partial charge is 0.251 e. The van der Waals surface area contributed by atoms with Crippen molar-refractivity contribution < 1.29 is 4.79 Å². The van der Waals surface area contributed by atoms with Gasteiger partial charge in [-0.05, 0) is 35.1 Å². The Labute approximate surface area is 150 Å². The maximum absolute atomic E-state index is 12.3. The molecule has 0 spiro atoms. The highest BCUT2D eigenvalue weighted by Gasteiger charge is 2.38. The van der Waals surface area contributed by atoms with E-state index in [-0.39, 0.29) is 5.91 Å². The van der Waals surface area contributed by atoms with Crippen LogP contribution in [0.3, 0.4) is 0 Å². The molecule has 2 aromatic carbocycles. The van der Waals surface area contributed by atoms with E-state index in [4.69, 9.17) is 0 Å². The van der Waals surface area contributed by atoms with Crippen molar-refractivity contribution in [2.45, 2.75) is 45.7 Å². The summed E-state index contributed by atoms with van der Waals surface area (Å²) in [5.41, 5.74) is 3.47. The van der Waals surface area contributed by atoms with Crippen LogP contribution in [0.2, 0.25) is 0 Å². The standard InChI is InChI=1S/C22H28N2O/c1-22(2,3)15-24-20-13-19(20)17-9-11-18(12-10-17)21(25)23-14-16-7-5-4-6-8-16/h4-12,19-20,24H,13-15H2,1-3H3,(H,23,25)/t19-,20+/m0/s1. The van der Waals surface area contributed by atoms with Crippen molar-refractivity contribution in [3.05, 3.63) is 71.3 Å². The maximum atomic E-state index is 12.3. The van der Waals surface area contributed by atoms with Crippen molar-refractivity contribution in [3.63, 3.8) is 0 Å². The Morgan fingerprint density at radius 3 is 2.36 bits per heavy atom. The lowest BCUT2D eigenvalue weighted by Gasteiger charge is -2.18. The lowest BCUT2D eigenvalue weighted by atomic mass is 9.97. The van der Waals surface area contributed by atoms with Gasteiger partial charge >= 0.3 is 0 Å². The average molecular weight is 336 g/mol. The molecule has 3 nitrogen and oxygen atoms in total. The molecule has 0 saturated heterocycles. The fourth-order valence-corrected chi connectivity index (χ4v) is 2.99. The van der Waals surface area contributed by atoms with Crippen LogP contribution in [0, 0.1) is 5.41 Å². The normalized spacial score (nSPS) is 19.5. The minimum absolute atomic E-state index is 0.0198. The number of rotatable bonds is 6. The van der Waals surface area contributed by atoms with Gasteiger partial charge in [-0.25, -0.2) is 0 Å². The van der Waals surface area contributed by atoms with Gasteiger partial charge in [-0.3, -0.25) is 4.79 Å². The molecule has 1 amide bonds. The Morgan fingerprint density at radius 1 is 1.04 bits per heavy atom. The van der Waals surface area contributed by atoms with Crippen LogP contribution in [0.1, 0.15) is 54.6 Å². The Balaban J connectivity index is 1.50. The third kappa shape index (κ3) is 5.17. The molecule has 2 N–H and O–H groups in total. The van der Waals surface area contributed by atoms with E-state index >= 15 is 0 Å². The molecule has 132 valence electrons. The molecule has 1 saturated carbocycles. The van der Waals surface area contributed by atoms with Gasteiger partial charge in [-0.2, -0.15) is 0 Å². The first kappa shape index (κ1) is 17.7. The Bertz CT molecular complexity index is 701. The summed E-state index contributed by atoms with van der Waals surface area (Å²) in [4.78, 5) is 12.3. The van der Waals surface area contributed by atoms with Gasteiger partial charge in [0.05, 0.1) is 0 Å². The highest BCUT2D eigenvalue weighted by atomic mass is 16.1. The fourth-order valence-electron chi connectivity index (χ4n) is 2.99. The predicted molar refractivity (Wildman–Crippen MR) is 103 cm³/mol. The van der Waals surface area contributed by atoms with Gasteiger partial charge in [-0.15, -0.1) is 0 Å². The fraction of sp³-hybridized carbons (Fsp3) is 0.409. The first-order valence-corrected chi connectivity index (χ1v) is 9.08. The molecule has 3 rings (SSSR count). The lowest BCUT2D eigenvalue weighted by Crippen LogP contribution is -2.29. The molecule has 0 aromatic heterocycles. The monoisotopic (exact) mass is 336 g/mol. The third-order valence-electron chi connectivity index (χ3n) is 4.58. The van der Waals surface area contributed by atoms with Crippen molar-refractivity contribution in [1.29, 1.82) is 0 Å². The quantitative estimate of drug-likeness (QED) is 0.833. The molecule has 0 heterocycles. The van der Waals surface area contributed by atoms with Crippen LogP contribution in [-0.4, -0.2) is 18.5 Å². The summed E-state index contributed by atoms with van der Waals surface area (Å²) in [6, 6.07) is 18.6. The summed E-state index contributed by atoms with van der Waals surface area (Å²) in [6.07, 6.45) is 1.19. The van der Waals surface area contributed by atoms with Gasteiger partial charge < -0.3 is 10.6 Å². The maximum Gasteiger partial charge on any atom is 0.251 e. The summed E-state index contributed by atoms with van der Waals surface area (Å²) in [6.45, 7) is 8.34. The number of hydrogen-bond donors (Lipinski definition) is 2. The molecule has 2 aromatic rings. The minimum Gasteiger partial charge on any atom is -0.348 e. The number of amides is 1. The van der Waals surface area contributed by atoms with Crippen LogP contribution in [0.5, 0.6) is 0 Å². The molecule has 0 bridgehead atoms. The van der Waals surface area contributed by atoms with E-state index < -0.39 is 0 Å². The van der Waals surface area contributed by atoms with E-state index in [0.29, 0.717) is 23.9 Å². The highest BCUT2D eigenvalue weighted by Crippen LogP contribution is 2.41. The Hall–Kier alpha value is -2.13. The van der Waals surface area contributed by atoms with Crippen LogP contribution < -0.4 is 10.6 Å². The predicted octanol–water partition coefficient (Wildman–Crippen LogP) is 4.11. The van der Waals surface area contributed by atoms with Crippen LogP contribution in [0.15, 0.2) is 54.6 Å². The lowest BCUT2D eigenvalue weighted by molar-refractivity contribution is 0.0951. The van der Waals surface area contributed by atoms with Crippen LogP contribution >= 0.6 is 0 Å². The van der Waals surface area contributed by atoms with Crippen molar-refractivity contribution in [1.82, 2.24) is 10.6 Å². The van der Waals surface area contributed by atoms with Gasteiger partial charge in [0.1, 0.15) is 0 Å². The highest BCUT2D eigenvalue weighted by molar-refractivity contribution is 5.94. The minimum atomic E-state index is -0.0198. The molecule has 0 radical (unpaired) electrons. The number of carbonyl (C=O) groups is 1. The second kappa shape index (κ2) is 7.40. The second-order valence-electron chi connectivity index (χ2n) is 8.18. The van der Waals surface area contributed by atoms with Gasteiger partial charge in [0, 0.05) is 30.6 Å². The number of nitrogens with one attached hydrogen (secondary N) is 2. The molecule has 0 unspecified atom stereocenters. The molecule has 0 aliphatic heterocycles. The van der Waals surface area contributed by atoms with E-state index in [1.807, 2.05) is 42.5 Å². The Kier molecular flexibility index (Phi) is 5.24. The molecule has 2 atom stereocenters. The summed E-state index contributed by atoms with van der Waals surface area (Å²) >= 11 is 0. The first-order chi connectivity index (χ1) is 11.9. The van der Waals surface area contributed by atoms with Crippen molar-refractivity contribution >= 4 is 5.91 Å². The van der Waals surface area contributed by atoms with E-state index in [9.17, 15) is 4.79 Å². The third-order valence-corrected chi connectivity index (χ3v) is 4.58. The van der Waals surface area contributed by atoms with E-state index in [2.05, 4.69) is 43.5 Å². The largest absolute Gasteiger partial charge is 0.348 e. The van der Waals surface area contributed by atoms with E-state index in [0.717, 1.165) is 17.7 Å². The average Bonchev–Trinajstić information content (AvgIpc) is 3.38. The van der Waals surface area contributed by atoms with Gasteiger partial charge in [0.25, 0.3) is 5.91 Å². The van der Waals surface area contributed by atoms with Crippen molar-refractivity contribution in [2.75, 3.05) is 6.54 Å². The zero-order valence-corrected chi connectivity index (χ0v) is 15.4. The molecule has 25 heavy (non-hydrogen) atoms. The summed E-state index contributed by atoms with van der Waals surface area (Å²) in [5.74, 6) is 0.567. The Morgan fingerprint density at radius 2 is 1.72 bits per heavy atom. The molecule has 1 fully saturated rings. The first-order valence-electron chi connectivity index (χ1n) is 9.08. The topological polar surface area (TPSA) is 41.1 Å². The summed E-state index contributed by atoms with van der Waals surface area (Å²) in [5, 5.41) is 6.62. The van der Waals surface area contributed by atoms with Crippen LogP contribution in [-0.2, 0) is 6.54 Å². The zero-order chi connectivity index (χ0) is 17.9. The number of benzene rings is 2. The zero-order valence-electron chi connectivity index (χ0n) is 15.4. The molecule has 1 aliphatic carbocycles.